The maximum Gasteiger partial charge on any atom is 0.165 e. The van der Waals surface area contributed by atoms with Crippen LogP contribution in [-0.4, -0.2) is 18.0 Å². The summed E-state index contributed by atoms with van der Waals surface area (Å²) in [7, 11) is 0. The monoisotopic (exact) mass is 232 g/mol. The van der Waals surface area contributed by atoms with E-state index in [-0.39, 0.29) is 17.8 Å². The average Bonchev–Trinajstić information content (AvgIpc) is 2.75. The summed E-state index contributed by atoms with van der Waals surface area (Å²) >= 11 is 0. The molecule has 1 aromatic rings. The van der Waals surface area contributed by atoms with E-state index in [1.54, 1.807) is 0 Å². The number of carbonyl (C=O) groups excluding carboxylic acids is 1. The minimum atomic E-state index is 0.0488. The van der Waals surface area contributed by atoms with E-state index < -0.39 is 0 Å². The highest BCUT2D eigenvalue weighted by molar-refractivity contribution is 5.97. The molecule has 0 bridgehead atoms. The maximum absolute atomic E-state index is 12.2. The molecular weight excluding hydrogens is 212 g/mol. The van der Waals surface area contributed by atoms with Gasteiger partial charge >= 0.3 is 0 Å². The predicted molar refractivity (Wildman–Crippen MR) is 68.1 cm³/mol. The van der Waals surface area contributed by atoms with Gasteiger partial charge in [0.05, 0.1) is 12.2 Å². The largest absolute Gasteiger partial charge is 0.375 e. The van der Waals surface area contributed by atoms with Gasteiger partial charge in [-0.25, -0.2) is 0 Å². The lowest BCUT2D eigenvalue weighted by Crippen LogP contribution is -2.19. The summed E-state index contributed by atoms with van der Waals surface area (Å²) in [4.78, 5) is 12.2. The summed E-state index contributed by atoms with van der Waals surface area (Å²) < 4.78 is 5.77. The highest BCUT2D eigenvalue weighted by Gasteiger charge is 2.26. The van der Waals surface area contributed by atoms with Gasteiger partial charge in [0.15, 0.2) is 5.78 Å². The molecule has 2 rings (SSSR count). The molecule has 1 aliphatic rings. The molecule has 1 fully saturated rings. The number of hydrogen-bond donors (Lipinski definition) is 0. The van der Waals surface area contributed by atoms with Gasteiger partial charge in [-0.1, -0.05) is 37.3 Å². The molecule has 3 atom stereocenters. The average molecular weight is 232 g/mol. The molecule has 17 heavy (non-hydrogen) atoms. The van der Waals surface area contributed by atoms with Gasteiger partial charge in [-0.3, -0.25) is 4.79 Å². The highest BCUT2D eigenvalue weighted by atomic mass is 16.5. The lowest BCUT2D eigenvalue weighted by atomic mass is 9.93. The molecule has 0 spiro atoms. The van der Waals surface area contributed by atoms with E-state index in [0.717, 1.165) is 24.8 Å². The number of Topliss-reactive ketones (excluding diaryl/α,β-unsaturated/α-hetero) is 1. The first-order valence-corrected chi connectivity index (χ1v) is 6.41. The Bertz CT molecular complexity index is 372. The van der Waals surface area contributed by atoms with Gasteiger partial charge in [-0.2, -0.15) is 0 Å². The van der Waals surface area contributed by atoms with Gasteiger partial charge in [0.2, 0.25) is 0 Å². The van der Waals surface area contributed by atoms with Gasteiger partial charge in [0.1, 0.15) is 0 Å². The number of ether oxygens (including phenoxy) is 1. The molecule has 0 saturated carbocycles. The minimum Gasteiger partial charge on any atom is -0.375 e. The molecule has 1 aromatic carbocycles. The summed E-state index contributed by atoms with van der Waals surface area (Å²) in [5.74, 6) is 0.279. The molecule has 2 nitrogen and oxygen atoms in total. The van der Waals surface area contributed by atoms with Crippen molar-refractivity contribution in [1.82, 2.24) is 0 Å². The molecule has 92 valence electrons. The lowest BCUT2D eigenvalue weighted by Gasteiger charge is -2.16. The normalized spacial score (nSPS) is 25.8. The second kappa shape index (κ2) is 5.46. The van der Waals surface area contributed by atoms with Gasteiger partial charge in [-0.05, 0) is 26.2 Å². The van der Waals surface area contributed by atoms with Gasteiger partial charge in [0, 0.05) is 11.5 Å². The molecule has 0 aliphatic carbocycles. The van der Waals surface area contributed by atoms with Crippen LogP contribution in [0.3, 0.4) is 0 Å². The van der Waals surface area contributed by atoms with E-state index in [4.69, 9.17) is 4.74 Å². The minimum absolute atomic E-state index is 0.0488. The SMILES string of the molecule is CC1CCC(CC(C)C(=O)c2ccccc2)O1. The van der Waals surface area contributed by atoms with Crippen molar-refractivity contribution in [1.29, 1.82) is 0 Å². The first-order valence-electron chi connectivity index (χ1n) is 6.41. The second-order valence-electron chi connectivity index (χ2n) is 5.01. The Morgan fingerprint density at radius 2 is 2.06 bits per heavy atom. The van der Waals surface area contributed by atoms with Crippen molar-refractivity contribution in [3.8, 4) is 0 Å². The van der Waals surface area contributed by atoms with E-state index in [2.05, 4.69) is 6.92 Å². The molecule has 1 aliphatic heterocycles. The predicted octanol–water partition coefficient (Wildman–Crippen LogP) is 3.46. The zero-order valence-corrected chi connectivity index (χ0v) is 10.6. The van der Waals surface area contributed by atoms with Crippen molar-refractivity contribution in [2.24, 2.45) is 5.92 Å². The van der Waals surface area contributed by atoms with Crippen LogP contribution in [0.25, 0.3) is 0 Å². The molecule has 1 saturated heterocycles. The van der Waals surface area contributed by atoms with Crippen LogP contribution in [0, 0.1) is 5.92 Å². The van der Waals surface area contributed by atoms with Crippen LogP contribution in [0.2, 0.25) is 0 Å². The fourth-order valence-corrected chi connectivity index (χ4v) is 2.45. The Hall–Kier alpha value is -1.15. The fourth-order valence-electron chi connectivity index (χ4n) is 2.45. The lowest BCUT2D eigenvalue weighted by molar-refractivity contribution is 0.0406. The van der Waals surface area contributed by atoms with E-state index >= 15 is 0 Å². The Labute approximate surface area is 103 Å². The molecule has 2 heteroatoms. The Kier molecular flexibility index (Phi) is 3.95. The Morgan fingerprint density at radius 1 is 1.35 bits per heavy atom. The van der Waals surface area contributed by atoms with Crippen molar-refractivity contribution in [2.45, 2.75) is 45.3 Å². The van der Waals surface area contributed by atoms with Crippen LogP contribution in [0.5, 0.6) is 0 Å². The van der Waals surface area contributed by atoms with Crippen molar-refractivity contribution < 1.29 is 9.53 Å². The van der Waals surface area contributed by atoms with Gasteiger partial charge in [-0.15, -0.1) is 0 Å². The highest BCUT2D eigenvalue weighted by Crippen LogP contribution is 2.25. The summed E-state index contributed by atoms with van der Waals surface area (Å²) in [5, 5.41) is 0. The van der Waals surface area contributed by atoms with Crippen LogP contribution >= 0.6 is 0 Å². The zero-order chi connectivity index (χ0) is 12.3. The van der Waals surface area contributed by atoms with Crippen molar-refractivity contribution in [3.05, 3.63) is 35.9 Å². The van der Waals surface area contributed by atoms with Crippen molar-refractivity contribution >= 4 is 5.78 Å². The number of ketones is 1. The van der Waals surface area contributed by atoms with Crippen LogP contribution in [0.15, 0.2) is 30.3 Å². The van der Waals surface area contributed by atoms with E-state index in [1.807, 2.05) is 37.3 Å². The molecule has 0 aromatic heterocycles. The maximum atomic E-state index is 12.2. The standard InChI is InChI=1S/C15H20O2/c1-11(10-14-9-8-12(2)17-14)15(16)13-6-4-3-5-7-13/h3-7,11-12,14H,8-10H2,1-2H3. The van der Waals surface area contributed by atoms with Gasteiger partial charge in [0.25, 0.3) is 0 Å². The molecule has 0 N–H and O–H groups in total. The topological polar surface area (TPSA) is 26.3 Å². The summed E-state index contributed by atoms with van der Waals surface area (Å²) in [6.07, 6.45) is 3.69. The summed E-state index contributed by atoms with van der Waals surface area (Å²) in [5.41, 5.74) is 0.811. The van der Waals surface area contributed by atoms with E-state index in [0.29, 0.717) is 6.10 Å². The first-order chi connectivity index (χ1) is 8.16. The molecular formula is C15H20O2. The molecule has 3 unspecified atom stereocenters. The molecule has 0 amide bonds. The number of carbonyl (C=O) groups is 1. The van der Waals surface area contributed by atoms with E-state index in [1.165, 1.54) is 0 Å². The first kappa shape index (κ1) is 12.3. The van der Waals surface area contributed by atoms with Crippen LogP contribution in [-0.2, 0) is 4.74 Å². The second-order valence-corrected chi connectivity index (χ2v) is 5.01. The quantitative estimate of drug-likeness (QED) is 0.743. The van der Waals surface area contributed by atoms with Crippen molar-refractivity contribution in [2.75, 3.05) is 0 Å². The molecule has 0 radical (unpaired) electrons. The summed E-state index contributed by atoms with van der Waals surface area (Å²) in [6, 6.07) is 9.53. The third-order valence-corrected chi connectivity index (χ3v) is 3.44. The van der Waals surface area contributed by atoms with Crippen molar-refractivity contribution in [3.63, 3.8) is 0 Å². The third-order valence-electron chi connectivity index (χ3n) is 3.44. The van der Waals surface area contributed by atoms with Crippen LogP contribution < -0.4 is 0 Å². The zero-order valence-electron chi connectivity index (χ0n) is 10.6. The number of benzene rings is 1. The molecule has 1 heterocycles. The van der Waals surface area contributed by atoms with Gasteiger partial charge < -0.3 is 4.74 Å². The Balaban J connectivity index is 1.92. The van der Waals surface area contributed by atoms with E-state index in [9.17, 15) is 4.79 Å². The Morgan fingerprint density at radius 3 is 2.65 bits per heavy atom. The van der Waals surface area contributed by atoms with Crippen LogP contribution in [0.4, 0.5) is 0 Å². The third kappa shape index (κ3) is 3.16. The fraction of sp³-hybridized carbons (Fsp3) is 0.533. The number of hydrogen-bond acceptors (Lipinski definition) is 2. The number of rotatable bonds is 4. The summed E-state index contributed by atoms with van der Waals surface area (Å²) in [6.45, 7) is 4.10. The smallest absolute Gasteiger partial charge is 0.165 e. The van der Waals surface area contributed by atoms with Crippen LogP contribution in [0.1, 0.15) is 43.5 Å².